The Labute approximate surface area is 59.3 Å². The van der Waals surface area contributed by atoms with Gasteiger partial charge in [-0.1, -0.05) is 6.58 Å². The Balaban J connectivity index is 3.93. The first kappa shape index (κ1) is 8.97. The summed E-state index contributed by atoms with van der Waals surface area (Å²) in [4.78, 5) is 10.6. The van der Waals surface area contributed by atoms with Crippen LogP contribution in [0.15, 0.2) is 12.3 Å². The first-order chi connectivity index (χ1) is 4.33. The predicted octanol–water partition coefficient (Wildman–Crippen LogP) is -0.270. The Morgan fingerprint density at radius 1 is 1.70 bits per heavy atom. The Morgan fingerprint density at radius 3 is 2.20 bits per heavy atom. The van der Waals surface area contributed by atoms with Gasteiger partial charge in [0.15, 0.2) is 0 Å². The Morgan fingerprint density at radius 2 is 2.10 bits per heavy atom. The van der Waals surface area contributed by atoms with Crippen LogP contribution >= 0.6 is 0 Å². The molecule has 0 spiro atoms. The molecule has 4 heteroatoms. The van der Waals surface area contributed by atoms with E-state index in [0.717, 1.165) is 0 Å². The molecule has 0 saturated carbocycles. The van der Waals surface area contributed by atoms with E-state index in [-0.39, 0.29) is 5.70 Å². The number of carbonyl (C=O) groups is 1. The highest BCUT2D eigenvalue weighted by molar-refractivity contribution is 5.86. The lowest BCUT2D eigenvalue weighted by Gasteiger charge is -2.17. The highest BCUT2D eigenvalue weighted by atomic mass is 16.7. The zero-order valence-electron chi connectivity index (χ0n) is 6.05. The summed E-state index contributed by atoms with van der Waals surface area (Å²) in [7, 11) is 0. The van der Waals surface area contributed by atoms with Gasteiger partial charge >= 0.3 is 5.97 Å². The molecule has 0 radical (unpaired) electrons. The molecular formula is C6H11NO3. The number of aliphatic hydroxyl groups is 1. The van der Waals surface area contributed by atoms with Gasteiger partial charge in [0.1, 0.15) is 5.70 Å². The third-order valence-corrected chi connectivity index (χ3v) is 0.605. The molecule has 0 aliphatic heterocycles. The van der Waals surface area contributed by atoms with E-state index in [9.17, 15) is 4.79 Å². The van der Waals surface area contributed by atoms with Crippen LogP contribution < -0.4 is 5.73 Å². The van der Waals surface area contributed by atoms with Crippen LogP contribution in [-0.2, 0) is 9.53 Å². The molecule has 0 amide bonds. The molecule has 0 atom stereocenters. The monoisotopic (exact) mass is 145 g/mol. The summed E-state index contributed by atoms with van der Waals surface area (Å²) in [6.45, 7) is 5.79. The highest BCUT2D eigenvalue weighted by Crippen LogP contribution is 2.04. The third-order valence-electron chi connectivity index (χ3n) is 0.605. The molecule has 10 heavy (non-hydrogen) atoms. The SMILES string of the molecule is C=C(N)C(=O)OC(C)(C)O. The molecule has 0 aromatic carbocycles. The molecule has 4 nitrogen and oxygen atoms in total. The fourth-order valence-corrected chi connectivity index (χ4v) is 0.292. The van der Waals surface area contributed by atoms with Crippen molar-refractivity contribution in [1.29, 1.82) is 0 Å². The van der Waals surface area contributed by atoms with Gasteiger partial charge in [-0.05, 0) is 0 Å². The van der Waals surface area contributed by atoms with E-state index in [2.05, 4.69) is 11.3 Å². The summed E-state index contributed by atoms with van der Waals surface area (Å²) in [5, 5.41) is 8.90. The van der Waals surface area contributed by atoms with E-state index in [1.165, 1.54) is 13.8 Å². The van der Waals surface area contributed by atoms with E-state index >= 15 is 0 Å². The van der Waals surface area contributed by atoms with Gasteiger partial charge in [0, 0.05) is 13.8 Å². The van der Waals surface area contributed by atoms with Crippen LogP contribution in [0.4, 0.5) is 0 Å². The van der Waals surface area contributed by atoms with Crippen molar-refractivity contribution in [2.75, 3.05) is 0 Å². The third kappa shape index (κ3) is 3.91. The van der Waals surface area contributed by atoms with Crippen molar-refractivity contribution in [2.45, 2.75) is 19.6 Å². The second-order valence-corrected chi connectivity index (χ2v) is 2.36. The highest BCUT2D eigenvalue weighted by Gasteiger charge is 2.18. The molecule has 0 unspecified atom stereocenters. The topological polar surface area (TPSA) is 72.6 Å². The molecule has 0 fully saturated rings. The molecule has 58 valence electrons. The maximum absolute atomic E-state index is 10.6. The molecule has 0 saturated heterocycles. The zero-order chi connectivity index (χ0) is 8.36. The Hall–Kier alpha value is -1.03. The smallest absolute Gasteiger partial charge is 0.356 e. The second-order valence-electron chi connectivity index (χ2n) is 2.36. The van der Waals surface area contributed by atoms with Crippen molar-refractivity contribution in [3.63, 3.8) is 0 Å². The first-order valence-corrected chi connectivity index (χ1v) is 2.73. The standard InChI is InChI=1S/C6H11NO3/c1-4(7)5(8)10-6(2,3)9/h9H,1,7H2,2-3H3. The minimum atomic E-state index is -1.49. The van der Waals surface area contributed by atoms with Crippen molar-refractivity contribution >= 4 is 5.97 Å². The maximum atomic E-state index is 10.6. The van der Waals surface area contributed by atoms with Gasteiger partial charge in [0.2, 0.25) is 5.79 Å². The van der Waals surface area contributed by atoms with Crippen molar-refractivity contribution < 1.29 is 14.6 Å². The second kappa shape index (κ2) is 2.70. The number of esters is 1. The molecule has 0 aliphatic carbocycles. The van der Waals surface area contributed by atoms with E-state index in [0.29, 0.717) is 0 Å². The summed E-state index contributed by atoms with van der Waals surface area (Å²) in [6.07, 6.45) is 0. The molecule has 0 heterocycles. The van der Waals surface area contributed by atoms with Gasteiger partial charge in [0.05, 0.1) is 0 Å². The minimum Gasteiger partial charge on any atom is -0.429 e. The Kier molecular flexibility index (Phi) is 2.42. The summed E-state index contributed by atoms with van der Waals surface area (Å²) < 4.78 is 4.39. The van der Waals surface area contributed by atoms with Crippen molar-refractivity contribution in [3.8, 4) is 0 Å². The largest absolute Gasteiger partial charge is 0.429 e. The van der Waals surface area contributed by atoms with Crippen molar-refractivity contribution in [2.24, 2.45) is 5.73 Å². The van der Waals surface area contributed by atoms with E-state index in [4.69, 9.17) is 10.8 Å². The minimum absolute atomic E-state index is 0.220. The number of rotatable bonds is 2. The van der Waals surface area contributed by atoms with Crippen LogP contribution in [0, 0.1) is 0 Å². The average molecular weight is 145 g/mol. The molecule has 3 N–H and O–H groups in total. The van der Waals surface area contributed by atoms with E-state index in [1.54, 1.807) is 0 Å². The van der Waals surface area contributed by atoms with Crippen LogP contribution in [-0.4, -0.2) is 16.9 Å². The normalized spacial score (nSPS) is 10.7. The van der Waals surface area contributed by atoms with Crippen LogP contribution in [0.5, 0.6) is 0 Å². The molecule has 0 rings (SSSR count). The number of carbonyl (C=O) groups excluding carboxylic acids is 1. The lowest BCUT2D eigenvalue weighted by atomic mass is 10.4. The van der Waals surface area contributed by atoms with Crippen LogP contribution in [0.25, 0.3) is 0 Å². The summed E-state index contributed by atoms with van der Waals surface area (Å²) in [6, 6.07) is 0. The molecular weight excluding hydrogens is 134 g/mol. The van der Waals surface area contributed by atoms with Crippen molar-refractivity contribution in [1.82, 2.24) is 0 Å². The average Bonchev–Trinajstić information content (AvgIpc) is 1.60. The maximum Gasteiger partial charge on any atom is 0.356 e. The van der Waals surface area contributed by atoms with E-state index in [1.807, 2.05) is 0 Å². The van der Waals surface area contributed by atoms with Gasteiger partial charge in [-0.15, -0.1) is 0 Å². The lowest BCUT2D eigenvalue weighted by Crippen LogP contribution is -2.29. The van der Waals surface area contributed by atoms with Gasteiger partial charge in [-0.3, -0.25) is 0 Å². The molecule has 0 aliphatic rings. The van der Waals surface area contributed by atoms with Gasteiger partial charge in [-0.25, -0.2) is 4.79 Å². The molecule has 0 aromatic heterocycles. The van der Waals surface area contributed by atoms with Crippen molar-refractivity contribution in [3.05, 3.63) is 12.3 Å². The summed E-state index contributed by atoms with van der Waals surface area (Å²) >= 11 is 0. The summed E-state index contributed by atoms with van der Waals surface area (Å²) in [5.41, 5.74) is 4.74. The number of ether oxygens (including phenoxy) is 1. The van der Waals surface area contributed by atoms with Gasteiger partial charge in [-0.2, -0.15) is 0 Å². The van der Waals surface area contributed by atoms with E-state index < -0.39 is 11.8 Å². The quantitative estimate of drug-likeness (QED) is 0.319. The number of hydrogen-bond donors (Lipinski definition) is 2. The number of nitrogens with two attached hydrogens (primary N) is 1. The van der Waals surface area contributed by atoms with Gasteiger partial charge < -0.3 is 15.6 Å². The first-order valence-electron chi connectivity index (χ1n) is 2.73. The van der Waals surface area contributed by atoms with Crippen LogP contribution in [0.3, 0.4) is 0 Å². The fourth-order valence-electron chi connectivity index (χ4n) is 0.292. The van der Waals surface area contributed by atoms with Crippen LogP contribution in [0.2, 0.25) is 0 Å². The number of hydrogen-bond acceptors (Lipinski definition) is 4. The van der Waals surface area contributed by atoms with Crippen LogP contribution in [0.1, 0.15) is 13.8 Å². The Bertz CT molecular complexity index is 157. The zero-order valence-corrected chi connectivity index (χ0v) is 6.05. The predicted molar refractivity (Wildman–Crippen MR) is 35.7 cm³/mol. The van der Waals surface area contributed by atoms with Gasteiger partial charge in [0.25, 0.3) is 0 Å². The fraction of sp³-hybridized carbons (Fsp3) is 0.500. The lowest BCUT2D eigenvalue weighted by molar-refractivity contribution is -0.190. The molecule has 0 bridgehead atoms. The summed E-state index contributed by atoms with van der Waals surface area (Å²) in [5.74, 6) is -2.29. The molecule has 0 aromatic rings.